The van der Waals surface area contributed by atoms with Crippen molar-refractivity contribution in [1.29, 1.82) is 0 Å². The Bertz CT molecular complexity index is 583. The van der Waals surface area contributed by atoms with Gasteiger partial charge in [-0.2, -0.15) is 0 Å². The van der Waals surface area contributed by atoms with Crippen molar-refractivity contribution in [2.24, 2.45) is 0 Å². The van der Waals surface area contributed by atoms with Gasteiger partial charge < -0.3 is 16.2 Å². The Kier molecular flexibility index (Phi) is 3.89. The van der Waals surface area contributed by atoms with E-state index in [1.54, 1.807) is 6.07 Å². The third-order valence-electron chi connectivity index (χ3n) is 3.28. The predicted octanol–water partition coefficient (Wildman–Crippen LogP) is 3.88. The normalized spacial score (nSPS) is 11.3. The predicted molar refractivity (Wildman–Crippen MR) is 85.0 cm³/mol. The van der Waals surface area contributed by atoms with E-state index in [1.165, 1.54) is 0 Å². The SMILES string of the molecule is CC(C)(C)c1cc(CNc2ccc(N)cc2)ccc1O. The van der Waals surface area contributed by atoms with Gasteiger partial charge in [0, 0.05) is 17.9 Å². The Balaban J connectivity index is 2.12. The summed E-state index contributed by atoms with van der Waals surface area (Å²) in [5, 5.41) is 13.3. The van der Waals surface area contributed by atoms with E-state index in [1.807, 2.05) is 30.3 Å². The van der Waals surface area contributed by atoms with Gasteiger partial charge in [-0.05, 0) is 52.9 Å². The largest absolute Gasteiger partial charge is 0.508 e. The van der Waals surface area contributed by atoms with E-state index >= 15 is 0 Å². The number of hydrogen-bond donors (Lipinski definition) is 3. The van der Waals surface area contributed by atoms with E-state index in [4.69, 9.17) is 5.73 Å². The summed E-state index contributed by atoms with van der Waals surface area (Å²) in [6, 6.07) is 13.4. The lowest BCUT2D eigenvalue weighted by Gasteiger charge is -2.21. The number of phenols is 1. The van der Waals surface area contributed by atoms with Crippen LogP contribution in [0.3, 0.4) is 0 Å². The first-order valence-electron chi connectivity index (χ1n) is 6.78. The fraction of sp³-hybridized carbons (Fsp3) is 0.294. The molecule has 0 aliphatic carbocycles. The highest BCUT2D eigenvalue weighted by Crippen LogP contribution is 2.31. The van der Waals surface area contributed by atoms with Crippen molar-refractivity contribution in [3.8, 4) is 5.75 Å². The van der Waals surface area contributed by atoms with Crippen LogP contribution in [-0.4, -0.2) is 5.11 Å². The first kappa shape index (κ1) is 14.3. The first-order valence-corrected chi connectivity index (χ1v) is 6.78. The van der Waals surface area contributed by atoms with Crippen LogP contribution >= 0.6 is 0 Å². The number of aromatic hydroxyl groups is 1. The molecule has 4 N–H and O–H groups in total. The summed E-state index contributed by atoms with van der Waals surface area (Å²) in [5.41, 5.74) is 9.50. The minimum absolute atomic E-state index is 0.0682. The molecule has 3 nitrogen and oxygen atoms in total. The molecule has 0 spiro atoms. The van der Waals surface area contributed by atoms with Gasteiger partial charge >= 0.3 is 0 Å². The molecule has 0 aromatic heterocycles. The zero-order valence-corrected chi connectivity index (χ0v) is 12.3. The van der Waals surface area contributed by atoms with E-state index in [2.05, 4.69) is 32.2 Å². The summed E-state index contributed by atoms with van der Waals surface area (Å²) < 4.78 is 0. The van der Waals surface area contributed by atoms with Crippen LogP contribution in [0.2, 0.25) is 0 Å². The lowest BCUT2D eigenvalue weighted by molar-refractivity contribution is 0.446. The van der Waals surface area contributed by atoms with Crippen LogP contribution < -0.4 is 11.1 Å². The molecular weight excluding hydrogens is 248 g/mol. The second kappa shape index (κ2) is 5.45. The molecule has 0 unspecified atom stereocenters. The number of phenolic OH excluding ortho intramolecular Hbond substituents is 1. The highest BCUT2D eigenvalue weighted by molar-refractivity contribution is 5.51. The van der Waals surface area contributed by atoms with Gasteiger partial charge in [0.1, 0.15) is 5.75 Å². The highest BCUT2D eigenvalue weighted by Gasteiger charge is 2.18. The van der Waals surface area contributed by atoms with Crippen molar-refractivity contribution < 1.29 is 5.11 Å². The van der Waals surface area contributed by atoms with E-state index < -0.39 is 0 Å². The number of nitrogen functional groups attached to an aromatic ring is 1. The van der Waals surface area contributed by atoms with E-state index in [-0.39, 0.29) is 5.41 Å². The van der Waals surface area contributed by atoms with Crippen molar-refractivity contribution in [3.05, 3.63) is 53.6 Å². The average molecular weight is 270 g/mol. The summed E-state index contributed by atoms with van der Waals surface area (Å²) in [6.07, 6.45) is 0. The number of hydrogen-bond acceptors (Lipinski definition) is 3. The summed E-state index contributed by atoms with van der Waals surface area (Å²) >= 11 is 0. The van der Waals surface area contributed by atoms with Gasteiger partial charge in [-0.15, -0.1) is 0 Å². The molecule has 0 aliphatic heterocycles. The number of rotatable bonds is 3. The molecule has 0 radical (unpaired) electrons. The standard InChI is InChI=1S/C17H22N2O/c1-17(2,3)15-10-12(4-9-16(15)20)11-19-14-7-5-13(18)6-8-14/h4-10,19-20H,11,18H2,1-3H3. The fourth-order valence-corrected chi connectivity index (χ4v) is 2.10. The number of nitrogens with two attached hydrogens (primary N) is 1. The van der Waals surface area contributed by atoms with Gasteiger partial charge in [-0.25, -0.2) is 0 Å². The van der Waals surface area contributed by atoms with Crippen LogP contribution in [0.5, 0.6) is 5.75 Å². The van der Waals surface area contributed by atoms with Crippen LogP contribution in [0.4, 0.5) is 11.4 Å². The van der Waals surface area contributed by atoms with Crippen LogP contribution in [0.15, 0.2) is 42.5 Å². The van der Waals surface area contributed by atoms with Crippen molar-refractivity contribution in [2.75, 3.05) is 11.1 Å². The molecule has 0 amide bonds. The molecule has 2 aromatic rings. The molecule has 0 fully saturated rings. The summed E-state index contributed by atoms with van der Waals surface area (Å²) in [4.78, 5) is 0. The zero-order chi connectivity index (χ0) is 14.8. The number of nitrogens with one attached hydrogen (secondary N) is 1. The Morgan fingerprint density at radius 1 is 1.05 bits per heavy atom. The van der Waals surface area contributed by atoms with Crippen LogP contribution in [0.25, 0.3) is 0 Å². The molecule has 2 rings (SSSR count). The van der Waals surface area contributed by atoms with Crippen molar-refractivity contribution in [1.82, 2.24) is 0 Å². The molecule has 106 valence electrons. The Labute approximate surface area is 120 Å². The quantitative estimate of drug-likeness (QED) is 0.742. The molecular formula is C17H22N2O. The topological polar surface area (TPSA) is 58.3 Å². The highest BCUT2D eigenvalue weighted by atomic mass is 16.3. The van der Waals surface area contributed by atoms with Crippen LogP contribution in [0.1, 0.15) is 31.9 Å². The van der Waals surface area contributed by atoms with E-state index in [0.717, 1.165) is 22.5 Å². The second-order valence-electron chi connectivity index (χ2n) is 6.08. The lowest BCUT2D eigenvalue weighted by atomic mass is 9.85. The molecule has 20 heavy (non-hydrogen) atoms. The minimum atomic E-state index is -0.0682. The van der Waals surface area contributed by atoms with Gasteiger partial charge in [-0.3, -0.25) is 0 Å². The fourth-order valence-electron chi connectivity index (χ4n) is 2.10. The monoisotopic (exact) mass is 270 g/mol. The molecule has 2 aromatic carbocycles. The molecule has 0 saturated carbocycles. The second-order valence-corrected chi connectivity index (χ2v) is 6.08. The molecule has 0 saturated heterocycles. The van der Waals surface area contributed by atoms with Gasteiger partial charge in [0.05, 0.1) is 0 Å². The van der Waals surface area contributed by atoms with Crippen LogP contribution in [-0.2, 0) is 12.0 Å². The first-order chi connectivity index (χ1) is 9.36. The maximum absolute atomic E-state index is 9.95. The molecule has 3 heteroatoms. The van der Waals surface area contributed by atoms with Crippen molar-refractivity contribution in [2.45, 2.75) is 32.7 Å². The molecule has 0 bridgehead atoms. The average Bonchev–Trinajstić information content (AvgIpc) is 2.38. The maximum Gasteiger partial charge on any atom is 0.119 e. The van der Waals surface area contributed by atoms with Crippen LogP contribution in [0, 0.1) is 0 Å². The third kappa shape index (κ3) is 3.44. The van der Waals surface area contributed by atoms with Gasteiger partial charge in [0.2, 0.25) is 0 Å². The summed E-state index contributed by atoms with van der Waals surface area (Å²) in [7, 11) is 0. The van der Waals surface area contributed by atoms with E-state index in [9.17, 15) is 5.11 Å². The zero-order valence-electron chi connectivity index (χ0n) is 12.3. The lowest BCUT2D eigenvalue weighted by Crippen LogP contribution is -2.12. The number of benzene rings is 2. The van der Waals surface area contributed by atoms with E-state index in [0.29, 0.717) is 12.3 Å². The molecule has 0 aliphatic rings. The van der Waals surface area contributed by atoms with Gasteiger partial charge in [0.25, 0.3) is 0 Å². The summed E-state index contributed by atoms with van der Waals surface area (Å²) in [5.74, 6) is 0.355. The smallest absolute Gasteiger partial charge is 0.119 e. The van der Waals surface area contributed by atoms with Gasteiger partial charge in [-0.1, -0.05) is 26.8 Å². The Hall–Kier alpha value is -2.16. The minimum Gasteiger partial charge on any atom is -0.508 e. The number of anilines is 2. The molecule has 0 atom stereocenters. The summed E-state index contributed by atoms with van der Waals surface area (Å²) in [6.45, 7) is 7.00. The van der Waals surface area contributed by atoms with Crippen molar-refractivity contribution in [3.63, 3.8) is 0 Å². The Morgan fingerprint density at radius 2 is 1.70 bits per heavy atom. The Morgan fingerprint density at radius 3 is 2.30 bits per heavy atom. The van der Waals surface area contributed by atoms with Gasteiger partial charge in [0.15, 0.2) is 0 Å². The van der Waals surface area contributed by atoms with Crippen molar-refractivity contribution >= 4 is 11.4 Å². The maximum atomic E-state index is 9.95. The third-order valence-corrected chi connectivity index (χ3v) is 3.28. The molecule has 0 heterocycles.